The first-order valence-corrected chi connectivity index (χ1v) is 12.5. The SMILES string of the molecule is C[Si](C)(CNC(=O)N1CCN(Cc2ccccn2)CC1)c1ccccc1. The highest BCUT2D eigenvalue weighted by atomic mass is 28.3. The molecule has 6 heteroatoms. The third-order valence-electron chi connectivity index (χ3n) is 5.01. The molecule has 1 aliphatic rings. The fraction of sp³-hybridized carbons (Fsp3) is 0.400. The van der Waals surface area contributed by atoms with Gasteiger partial charge in [-0.15, -0.1) is 0 Å². The average Bonchev–Trinajstić information content (AvgIpc) is 2.68. The molecule has 2 amide bonds. The average molecular weight is 369 g/mol. The van der Waals surface area contributed by atoms with Crippen LogP contribution in [0, 0.1) is 0 Å². The first kappa shape index (κ1) is 18.6. The van der Waals surface area contributed by atoms with E-state index >= 15 is 0 Å². The standard InChI is InChI=1S/C20H28N4OSi/c1-26(2,19-9-4-3-5-10-19)17-22-20(25)24-14-12-23(13-15-24)16-18-8-6-7-11-21-18/h3-11H,12-17H2,1-2H3,(H,22,25). The summed E-state index contributed by atoms with van der Waals surface area (Å²) in [4.78, 5) is 21.2. The lowest BCUT2D eigenvalue weighted by Gasteiger charge is -2.35. The Morgan fingerprint density at radius 2 is 1.73 bits per heavy atom. The minimum Gasteiger partial charge on any atom is -0.341 e. The van der Waals surface area contributed by atoms with Gasteiger partial charge in [-0.3, -0.25) is 9.88 Å². The van der Waals surface area contributed by atoms with E-state index < -0.39 is 8.07 Å². The van der Waals surface area contributed by atoms with Gasteiger partial charge in [0, 0.05) is 45.1 Å². The summed E-state index contributed by atoms with van der Waals surface area (Å²) in [5, 5.41) is 4.55. The van der Waals surface area contributed by atoms with E-state index in [1.165, 1.54) is 5.19 Å². The number of rotatable bonds is 5. The molecule has 2 heterocycles. The third kappa shape index (κ3) is 4.92. The first-order chi connectivity index (χ1) is 12.5. The summed E-state index contributed by atoms with van der Waals surface area (Å²) in [6, 6.07) is 16.6. The van der Waals surface area contributed by atoms with E-state index in [0.29, 0.717) is 0 Å². The second-order valence-corrected chi connectivity index (χ2v) is 12.2. The van der Waals surface area contributed by atoms with Gasteiger partial charge in [-0.25, -0.2) is 4.79 Å². The summed E-state index contributed by atoms with van der Waals surface area (Å²) >= 11 is 0. The van der Waals surface area contributed by atoms with Crippen molar-refractivity contribution < 1.29 is 4.79 Å². The number of carbonyl (C=O) groups excluding carboxylic acids is 1. The molecule has 0 atom stereocenters. The van der Waals surface area contributed by atoms with Gasteiger partial charge >= 0.3 is 6.03 Å². The fourth-order valence-electron chi connectivity index (χ4n) is 3.23. The summed E-state index contributed by atoms with van der Waals surface area (Å²) in [6.07, 6.45) is 2.60. The highest BCUT2D eigenvalue weighted by molar-refractivity contribution is 6.90. The Balaban J connectivity index is 1.45. The number of hydrogen-bond acceptors (Lipinski definition) is 3. The van der Waals surface area contributed by atoms with Gasteiger partial charge in [0.05, 0.1) is 5.69 Å². The number of hydrogen-bond donors (Lipinski definition) is 1. The van der Waals surface area contributed by atoms with Crippen LogP contribution in [-0.2, 0) is 6.54 Å². The lowest BCUT2D eigenvalue weighted by atomic mass is 10.3. The Labute approximate surface area is 157 Å². The molecule has 0 unspecified atom stereocenters. The lowest BCUT2D eigenvalue weighted by molar-refractivity contribution is 0.135. The van der Waals surface area contributed by atoms with Crippen LogP contribution in [0.25, 0.3) is 0 Å². The van der Waals surface area contributed by atoms with E-state index in [1.807, 2.05) is 29.3 Å². The van der Waals surface area contributed by atoms with Crippen molar-refractivity contribution in [1.82, 2.24) is 20.1 Å². The van der Waals surface area contributed by atoms with Crippen molar-refractivity contribution >= 4 is 19.3 Å². The zero-order chi connectivity index (χ0) is 18.4. The second kappa shape index (κ2) is 8.47. The van der Waals surface area contributed by atoms with Crippen molar-refractivity contribution in [3.8, 4) is 0 Å². The lowest BCUT2D eigenvalue weighted by Crippen LogP contribution is -2.56. The predicted octanol–water partition coefficient (Wildman–Crippen LogP) is 2.06. The molecule has 2 aromatic rings. The summed E-state index contributed by atoms with van der Waals surface area (Å²) < 4.78 is 0. The minimum atomic E-state index is -1.65. The molecule has 1 aromatic carbocycles. The quantitative estimate of drug-likeness (QED) is 0.822. The zero-order valence-corrected chi connectivity index (χ0v) is 16.7. The Morgan fingerprint density at radius 3 is 2.38 bits per heavy atom. The molecule has 0 saturated carbocycles. The summed E-state index contributed by atoms with van der Waals surface area (Å²) in [5.74, 6) is 0. The van der Waals surface area contributed by atoms with Crippen LogP contribution in [0.1, 0.15) is 5.69 Å². The predicted molar refractivity (Wildman–Crippen MR) is 108 cm³/mol. The molecular formula is C20H28N4OSi. The number of benzene rings is 1. The molecule has 1 N–H and O–H groups in total. The van der Waals surface area contributed by atoms with Crippen LogP contribution in [0.2, 0.25) is 13.1 Å². The number of carbonyl (C=O) groups is 1. The van der Waals surface area contributed by atoms with Crippen molar-refractivity contribution in [1.29, 1.82) is 0 Å². The number of aromatic nitrogens is 1. The number of amides is 2. The molecule has 0 aliphatic carbocycles. The minimum absolute atomic E-state index is 0.0685. The van der Waals surface area contributed by atoms with E-state index in [9.17, 15) is 4.79 Å². The highest BCUT2D eigenvalue weighted by Crippen LogP contribution is 2.07. The van der Waals surface area contributed by atoms with Crippen molar-refractivity contribution in [3.05, 3.63) is 60.4 Å². The molecule has 0 spiro atoms. The van der Waals surface area contributed by atoms with Gasteiger partial charge in [-0.2, -0.15) is 0 Å². The van der Waals surface area contributed by atoms with Crippen molar-refractivity contribution in [2.75, 3.05) is 32.3 Å². The van der Waals surface area contributed by atoms with E-state index in [1.54, 1.807) is 0 Å². The van der Waals surface area contributed by atoms with Crippen molar-refractivity contribution in [2.45, 2.75) is 19.6 Å². The van der Waals surface area contributed by atoms with Gasteiger partial charge in [-0.1, -0.05) is 54.7 Å². The van der Waals surface area contributed by atoms with Crippen molar-refractivity contribution in [2.24, 2.45) is 0 Å². The van der Waals surface area contributed by atoms with Gasteiger partial charge in [0.15, 0.2) is 0 Å². The number of pyridine rings is 1. The third-order valence-corrected chi connectivity index (χ3v) is 7.97. The number of nitrogens with one attached hydrogen (secondary N) is 1. The highest BCUT2D eigenvalue weighted by Gasteiger charge is 2.26. The summed E-state index contributed by atoms with van der Waals surface area (Å²) in [5.41, 5.74) is 1.08. The van der Waals surface area contributed by atoms with Crippen LogP contribution < -0.4 is 10.5 Å². The van der Waals surface area contributed by atoms with E-state index in [2.05, 4.69) is 58.6 Å². The maximum absolute atomic E-state index is 12.5. The smallest absolute Gasteiger partial charge is 0.317 e. The van der Waals surface area contributed by atoms with E-state index in [0.717, 1.165) is 44.6 Å². The van der Waals surface area contributed by atoms with Gasteiger partial charge in [-0.05, 0) is 12.1 Å². The second-order valence-electron chi connectivity index (χ2n) is 7.49. The summed E-state index contributed by atoms with van der Waals surface area (Å²) in [6.45, 7) is 8.77. The van der Waals surface area contributed by atoms with Gasteiger partial charge in [0.2, 0.25) is 0 Å². The molecule has 138 valence electrons. The maximum Gasteiger partial charge on any atom is 0.317 e. The Morgan fingerprint density at radius 1 is 1.04 bits per heavy atom. The van der Waals surface area contributed by atoms with Gasteiger partial charge in [0.1, 0.15) is 8.07 Å². The monoisotopic (exact) mass is 368 g/mol. The van der Waals surface area contributed by atoms with Crippen LogP contribution in [0.15, 0.2) is 54.7 Å². The van der Waals surface area contributed by atoms with Crippen LogP contribution >= 0.6 is 0 Å². The van der Waals surface area contributed by atoms with Gasteiger partial charge < -0.3 is 10.2 Å². The first-order valence-electron chi connectivity index (χ1n) is 9.25. The molecular weight excluding hydrogens is 340 g/mol. The molecule has 1 aliphatic heterocycles. The van der Waals surface area contributed by atoms with Crippen LogP contribution in [-0.4, -0.2) is 61.2 Å². The molecule has 0 radical (unpaired) electrons. The Kier molecular flexibility index (Phi) is 6.06. The fourth-order valence-corrected chi connectivity index (χ4v) is 5.12. The number of piperazine rings is 1. The normalized spacial score (nSPS) is 15.7. The Hall–Kier alpha value is -2.18. The van der Waals surface area contributed by atoms with Crippen LogP contribution in [0.5, 0.6) is 0 Å². The number of nitrogens with zero attached hydrogens (tertiary/aromatic N) is 3. The van der Waals surface area contributed by atoms with Gasteiger partial charge in [0.25, 0.3) is 0 Å². The summed E-state index contributed by atoms with van der Waals surface area (Å²) in [7, 11) is -1.65. The van der Waals surface area contributed by atoms with Crippen LogP contribution in [0.4, 0.5) is 4.79 Å². The number of urea groups is 1. The molecule has 3 rings (SSSR count). The van der Waals surface area contributed by atoms with E-state index in [4.69, 9.17) is 0 Å². The van der Waals surface area contributed by atoms with Crippen LogP contribution in [0.3, 0.4) is 0 Å². The topological polar surface area (TPSA) is 48.5 Å². The zero-order valence-electron chi connectivity index (χ0n) is 15.7. The molecule has 5 nitrogen and oxygen atoms in total. The molecule has 1 aromatic heterocycles. The van der Waals surface area contributed by atoms with E-state index in [-0.39, 0.29) is 6.03 Å². The van der Waals surface area contributed by atoms with Crippen molar-refractivity contribution in [3.63, 3.8) is 0 Å². The molecule has 26 heavy (non-hydrogen) atoms. The molecule has 0 bridgehead atoms. The molecule has 1 saturated heterocycles. The largest absolute Gasteiger partial charge is 0.341 e. The molecule has 1 fully saturated rings. The maximum atomic E-state index is 12.5. The Bertz CT molecular complexity index is 700.